The van der Waals surface area contributed by atoms with Crippen LogP contribution in [-0.4, -0.2) is 19.9 Å². The fourth-order valence-corrected chi connectivity index (χ4v) is 8.09. The zero-order chi connectivity index (χ0) is 41.4. The highest BCUT2D eigenvalue weighted by Gasteiger charge is 2.24. The van der Waals surface area contributed by atoms with Crippen molar-refractivity contribution in [3.63, 3.8) is 0 Å². The third kappa shape index (κ3) is 7.37. The average molecular weight is 781 g/mol. The number of nitrogens with zero attached hydrogens (tertiary/aromatic N) is 6. The van der Waals surface area contributed by atoms with Gasteiger partial charge in [0.1, 0.15) is 23.3 Å². The summed E-state index contributed by atoms with van der Waals surface area (Å²) in [5, 5.41) is 4.56. The Morgan fingerprint density at radius 1 is 0.333 bits per heavy atom. The minimum absolute atomic E-state index is 0.0140. The predicted octanol–water partition coefficient (Wildman–Crippen LogP) is 14.4. The van der Waals surface area contributed by atoms with Gasteiger partial charge in [0, 0.05) is 36.2 Å². The summed E-state index contributed by atoms with van der Waals surface area (Å²) in [6.07, 6.45) is 7.33. The molecule has 6 heteroatoms. The molecule has 9 aromatic rings. The van der Waals surface area contributed by atoms with Crippen LogP contribution in [0.25, 0.3) is 43.8 Å². The molecule has 0 spiro atoms. The van der Waals surface area contributed by atoms with Gasteiger partial charge in [-0.2, -0.15) is 0 Å². The molecule has 0 aliphatic heterocycles. The largest absolute Gasteiger partial charge is 0.279 e. The first-order chi connectivity index (χ1) is 29.0. The summed E-state index contributed by atoms with van der Waals surface area (Å²) in [6, 6.07) is 55.9. The van der Waals surface area contributed by atoms with Gasteiger partial charge in [-0.05, 0) is 139 Å². The lowest BCUT2D eigenvalue weighted by atomic mass is 9.82. The van der Waals surface area contributed by atoms with Crippen LogP contribution < -0.4 is 9.80 Å². The Hall–Kier alpha value is -7.18. The van der Waals surface area contributed by atoms with Crippen molar-refractivity contribution < 1.29 is 0 Å². The quantitative estimate of drug-likeness (QED) is 0.143. The van der Waals surface area contributed by atoms with Crippen LogP contribution >= 0.6 is 0 Å². The number of anilines is 6. The molecule has 0 atom stereocenters. The highest BCUT2D eigenvalue weighted by molar-refractivity contribution is 6.22. The Morgan fingerprint density at radius 3 is 0.917 bits per heavy atom. The van der Waals surface area contributed by atoms with Gasteiger partial charge >= 0.3 is 0 Å². The van der Waals surface area contributed by atoms with Crippen molar-refractivity contribution in [1.82, 2.24) is 19.9 Å². The number of benzene rings is 5. The van der Waals surface area contributed by atoms with Crippen molar-refractivity contribution in [2.45, 2.75) is 52.4 Å². The molecule has 60 heavy (non-hydrogen) atoms. The molecule has 0 saturated heterocycles. The first-order valence-electron chi connectivity index (χ1n) is 20.5. The van der Waals surface area contributed by atoms with E-state index in [2.05, 4.69) is 136 Å². The SMILES string of the molecule is CC(C)(C)c1ccc(-c2c3ccc(N(c4ccccn4)c4ccccn4)cc3c(-c3ccc(C(C)(C)C)cc3)c3ccc(N(c4ccccn4)c4ccccn4)cc23)cc1. The molecular weight excluding hydrogens is 733 g/mol. The van der Waals surface area contributed by atoms with E-state index in [0.29, 0.717) is 0 Å². The second-order valence-electron chi connectivity index (χ2n) is 17.3. The Labute approximate surface area is 352 Å². The maximum Gasteiger partial charge on any atom is 0.138 e. The Kier molecular flexibility index (Phi) is 9.93. The highest BCUT2D eigenvalue weighted by atomic mass is 15.2. The van der Waals surface area contributed by atoms with E-state index in [0.717, 1.165) is 78.4 Å². The van der Waals surface area contributed by atoms with Gasteiger partial charge in [0.25, 0.3) is 0 Å². The van der Waals surface area contributed by atoms with E-state index in [4.69, 9.17) is 19.9 Å². The molecule has 0 bridgehead atoms. The molecule has 4 heterocycles. The molecule has 0 fully saturated rings. The first-order valence-corrected chi connectivity index (χ1v) is 20.5. The minimum atomic E-state index is 0.0140. The number of pyridine rings is 4. The summed E-state index contributed by atoms with van der Waals surface area (Å²) in [7, 11) is 0. The normalized spacial score (nSPS) is 11.8. The van der Waals surface area contributed by atoms with Crippen molar-refractivity contribution in [1.29, 1.82) is 0 Å². The molecule has 0 aliphatic rings. The zero-order valence-corrected chi connectivity index (χ0v) is 35.0. The van der Waals surface area contributed by atoms with E-state index in [-0.39, 0.29) is 10.8 Å². The van der Waals surface area contributed by atoms with Crippen molar-refractivity contribution in [2.75, 3.05) is 9.80 Å². The smallest absolute Gasteiger partial charge is 0.138 e. The van der Waals surface area contributed by atoms with Gasteiger partial charge in [-0.25, -0.2) is 19.9 Å². The van der Waals surface area contributed by atoms with Crippen LogP contribution in [-0.2, 0) is 10.8 Å². The van der Waals surface area contributed by atoms with Gasteiger partial charge in [0.05, 0.1) is 0 Å². The van der Waals surface area contributed by atoms with Gasteiger partial charge in [-0.15, -0.1) is 0 Å². The molecule has 0 unspecified atom stereocenters. The van der Waals surface area contributed by atoms with Crippen molar-refractivity contribution >= 4 is 56.2 Å². The van der Waals surface area contributed by atoms with Crippen LogP contribution in [0.2, 0.25) is 0 Å². The third-order valence-electron chi connectivity index (χ3n) is 11.2. The van der Waals surface area contributed by atoms with Crippen molar-refractivity contribution in [3.05, 3.63) is 194 Å². The Bertz CT molecular complexity index is 2620. The lowest BCUT2D eigenvalue weighted by Gasteiger charge is -2.26. The van der Waals surface area contributed by atoms with Crippen LogP contribution in [0.3, 0.4) is 0 Å². The second-order valence-corrected chi connectivity index (χ2v) is 17.3. The predicted molar refractivity (Wildman–Crippen MR) is 250 cm³/mol. The maximum absolute atomic E-state index is 4.82. The Morgan fingerprint density at radius 2 is 0.650 bits per heavy atom. The van der Waals surface area contributed by atoms with Crippen molar-refractivity contribution in [3.8, 4) is 22.3 Å². The summed E-state index contributed by atoms with van der Waals surface area (Å²) < 4.78 is 0. The molecule has 9 rings (SSSR count). The number of fused-ring (bicyclic) bond motifs is 2. The first kappa shape index (κ1) is 38.3. The summed E-state index contributed by atoms with van der Waals surface area (Å²) >= 11 is 0. The van der Waals surface area contributed by atoms with Gasteiger partial charge in [-0.1, -0.05) is 126 Å². The molecule has 6 nitrogen and oxygen atoms in total. The van der Waals surface area contributed by atoms with Crippen molar-refractivity contribution in [2.24, 2.45) is 0 Å². The standard InChI is InChI=1S/C54H48N6/c1-53(2,3)39-23-19-37(20-24-39)51-43-29-27-42(60(49-17-9-13-33-57-49)50-18-10-14-34-58-50)36-46(43)52(38-21-25-40(26-22-38)54(4,5)6)44-30-28-41(35-45(44)51)59(47-15-7-11-31-55-47)48-16-8-12-32-56-48/h7-36H,1-6H3. The number of rotatable bonds is 8. The molecule has 294 valence electrons. The van der Waals surface area contributed by atoms with E-state index in [1.165, 1.54) is 11.1 Å². The molecule has 4 aromatic heterocycles. The van der Waals surface area contributed by atoms with Gasteiger partial charge in [-0.3, -0.25) is 9.80 Å². The topological polar surface area (TPSA) is 58.0 Å². The summed E-state index contributed by atoms with van der Waals surface area (Å²) in [4.78, 5) is 23.5. The minimum Gasteiger partial charge on any atom is -0.279 e. The average Bonchev–Trinajstić information content (AvgIpc) is 3.27. The number of hydrogen-bond acceptors (Lipinski definition) is 6. The van der Waals surface area contributed by atoms with Crippen LogP contribution in [0.4, 0.5) is 34.6 Å². The number of aromatic nitrogens is 4. The van der Waals surface area contributed by atoms with Gasteiger partial charge in [0.15, 0.2) is 0 Å². The molecule has 0 amide bonds. The lowest BCUT2D eigenvalue weighted by Crippen LogP contribution is -2.13. The van der Waals surface area contributed by atoms with Gasteiger partial charge < -0.3 is 0 Å². The van der Waals surface area contributed by atoms with Gasteiger partial charge in [0.2, 0.25) is 0 Å². The summed E-state index contributed by atoms with van der Waals surface area (Å²) in [5.74, 6) is 3.16. The van der Waals surface area contributed by atoms with E-state index < -0.39 is 0 Å². The molecule has 5 aromatic carbocycles. The Balaban J connectivity index is 1.39. The van der Waals surface area contributed by atoms with Crippen LogP contribution in [0, 0.1) is 0 Å². The molecular formula is C54H48N6. The second kappa shape index (κ2) is 15.5. The maximum atomic E-state index is 4.82. The van der Waals surface area contributed by atoms with E-state index in [1.54, 1.807) is 0 Å². The monoisotopic (exact) mass is 780 g/mol. The third-order valence-corrected chi connectivity index (χ3v) is 11.2. The van der Waals surface area contributed by atoms with Crippen LogP contribution in [0.1, 0.15) is 52.7 Å². The number of hydrogen-bond donors (Lipinski definition) is 0. The van der Waals surface area contributed by atoms with E-state index in [9.17, 15) is 0 Å². The van der Waals surface area contributed by atoms with Crippen LogP contribution in [0.5, 0.6) is 0 Å². The fraction of sp³-hybridized carbons (Fsp3) is 0.148. The van der Waals surface area contributed by atoms with Crippen LogP contribution in [0.15, 0.2) is 183 Å². The fourth-order valence-electron chi connectivity index (χ4n) is 8.09. The summed E-state index contributed by atoms with van der Waals surface area (Å²) in [6.45, 7) is 13.6. The molecule has 0 N–H and O–H groups in total. The highest BCUT2D eigenvalue weighted by Crippen LogP contribution is 2.48. The zero-order valence-electron chi connectivity index (χ0n) is 35.0. The van der Waals surface area contributed by atoms with E-state index >= 15 is 0 Å². The van der Waals surface area contributed by atoms with E-state index in [1.807, 2.05) is 97.6 Å². The molecule has 0 saturated carbocycles. The molecule has 0 aliphatic carbocycles. The lowest BCUT2D eigenvalue weighted by molar-refractivity contribution is 0.590. The summed E-state index contributed by atoms with van der Waals surface area (Å²) in [5.41, 5.74) is 9.15. The molecule has 0 radical (unpaired) electrons.